The number of hydrogen-bond acceptors (Lipinski definition) is 6. The molecule has 6 heteroatoms. The first-order valence-corrected chi connectivity index (χ1v) is 24.0. The highest BCUT2D eigenvalue weighted by atomic mass is 16.6. The van der Waals surface area contributed by atoms with Crippen LogP contribution in [0.4, 0.5) is 0 Å². The third kappa shape index (κ3) is 44.0. The van der Waals surface area contributed by atoms with Gasteiger partial charge in [0.1, 0.15) is 13.2 Å². The molecule has 0 aromatic carbocycles. The van der Waals surface area contributed by atoms with Crippen LogP contribution in [0.3, 0.4) is 0 Å². The Hall–Kier alpha value is -3.15. The number of carbonyl (C=O) groups excluding carboxylic acids is 3. The summed E-state index contributed by atoms with van der Waals surface area (Å²) in [5.41, 5.74) is 0. The fourth-order valence-electron chi connectivity index (χ4n) is 6.39. The van der Waals surface area contributed by atoms with Gasteiger partial charge in [-0.15, -0.1) is 0 Å². The molecule has 0 heterocycles. The lowest BCUT2D eigenvalue weighted by atomic mass is 10.1. The number of esters is 3. The molecular weight excluding hydrogens is 721 g/mol. The Morgan fingerprint density at radius 1 is 0.362 bits per heavy atom. The van der Waals surface area contributed by atoms with Gasteiger partial charge in [-0.1, -0.05) is 190 Å². The van der Waals surface area contributed by atoms with Crippen LogP contribution in [0.25, 0.3) is 0 Å². The zero-order valence-corrected chi connectivity index (χ0v) is 37.8. The van der Waals surface area contributed by atoms with E-state index >= 15 is 0 Å². The van der Waals surface area contributed by atoms with Crippen LogP contribution >= 0.6 is 0 Å². The van der Waals surface area contributed by atoms with Gasteiger partial charge < -0.3 is 14.2 Å². The van der Waals surface area contributed by atoms with Gasteiger partial charge in [0.05, 0.1) is 0 Å². The summed E-state index contributed by atoms with van der Waals surface area (Å²) in [6.45, 7) is 6.38. The van der Waals surface area contributed by atoms with E-state index in [1.807, 2.05) is 36.5 Å². The molecule has 0 aliphatic heterocycles. The maximum Gasteiger partial charge on any atom is 0.306 e. The zero-order valence-electron chi connectivity index (χ0n) is 37.8. The Morgan fingerprint density at radius 2 is 0.707 bits per heavy atom. The standard InChI is InChI=1S/C52H88O6/c1-4-7-10-13-16-19-21-23-24-25-26-27-29-30-33-36-39-42-45-51(54)57-48-49(47-56-50(53)44-41-38-35-32-18-15-12-9-6-3)58-52(55)46-43-40-37-34-31-28-22-20-17-14-11-8-5-2/h8,11,14,17,20,22,26-28,31-32,35,49H,4-7,9-10,12-13,15-16,18-19,21,23-25,29-30,33-34,36-48H2,1-3H3/b11-8-,17-14-,22-20-,27-26-,31-28-,35-32-. The molecule has 0 amide bonds. The van der Waals surface area contributed by atoms with E-state index in [2.05, 4.69) is 57.2 Å². The van der Waals surface area contributed by atoms with E-state index in [1.165, 1.54) is 103 Å². The molecule has 0 radical (unpaired) electrons. The Bertz CT molecular complexity index is 1110. The first kappa shape index (κ1) is 54.9. The average Bonchev–Trinajstić information content (AvgIpc) is 3.22. The van der Waals surface area contributed by atoms with Crippen molar-refractivity contribution in [1.29, 1.82) is 0 Å². The molecule has 0 bridgehead atoms. The minimum absolute atomic E-state index is 0.105. The summed E-state index contributed by atoms with van der Waals surface area (Å²) in [5.74, 6) is -0.993. The van der Waals surface area contributed by atoms with Gasteiger partial charge in [-0.05, 0) is 83.5 Å². The molecule has 0 aliphatic rings. The monoisotopic (exact) mass is 809 g/mol. The van der Waals surface area contributed by atoms with Crippen molar-refractivity contribution in [3.05, 3.63) is 72.9 Å². The molecule has 0 saturated carbocycles. The van der Waals surface area contributed by atoms with Crippen LogP contribution in [0.15, 0.2) is 72.9 Å². The van der Waals surface area contributed by atoms with Crippen molar-refractivity contribution in [1.82, 2.24) is 0 Å². The van der Waals surface area contributed by atoms with Crippen molar-refractivity contribution in [3.8, 4) is 0 Å². The lowest BCUT2D eigenvalue weighted by molar-refractivity contribution is -0.167. The van der Waals surface area contributed by atoms with Gasteiger partial charge in [-0.25, -0.2) is 0 Å². The van der Waals surface area contributed by atoms with Gasteiger partial charge in [0, 0.05) is 19.3 Å². The predicted octanol–water partition coefficient (Wildman–Crippen LogP) is 15.5. The number of allylic oxidation sites excluding steroid dienone is 12. The van der Waals surface area contributed by atoms with E-state index in [-0.39, 0.29) is 37.5 Å². The lowest BCUT2D eigenvalue weighted by Crippen LogP contribution is -2.30. The van der Waals surface area contributed by atoms with Crippen LogP contribution in [0.5, 0.6) is 0 Å². The summed E-state index contributed by atoms with van der Waals surface area (Å²) >= 11 is 0. The van der Waals surface area contributed by atoms with Gasteiger partial charge in [0.25, 0.3) is 0 Å². The zero-order chi connectivity index (χ0) is 42.3. The van der Waals surface area contributed by atoms with Crippen molar-refractivity contribution in [3.63, 3.8) is 0 Å². The average molecular weight is 809 g/mol. The van der Waals surface area contributed by atoms with Crippen LogP contribution in [-0.4, -0.2) is 37.2 Å². The molecule has 0 aromatic rings. The Labute approximate surface area is 357 Å². The first-order chi connectivity index (χ1) is 28.5. The molecule has 1 unspecified atom stereocenters. The Kier molecular flexibility index (Phi) is 44.0. The smallest absolute Gasteiger partial charge is 0.306 e. The topological polar surface area (TPSA) is 78.9 Å². The molecule has 0 aliphatic carbocycles. The predicted molar refractivity (Wildman–Crippen MR) is 247 cm³/mol. The van der Waals surface area contributed by atoms with Crippen LogP contribution in [0.2, 0.25) is 0 Å². The molecule has 58 heavy (non-hydrogen) atoms. The van der Waals surface area contributed by atoms with Crippen LogP contribution in [0.1, 0.15) is 220 Å². The first-order valence-electron chi connectivity index (χ1n) is 24.0. The molecule has 0 rings (SSSR count). The highest BCUT2D eigenvalue weighted by molar-refractivity contribution is 5.71. The lowest BCUT2D eigenvalue weighted by Gasteiger charge is -2.18. The Balaban J connectivity index is 4.40. The van der Waals surface area contributed by atoms with E-state index < -0.39 is 6.10 Å². The molecule has 0 N–H and O–H groups in total. The molecule has 332 valence electrons. The molecule has 0 saturated heterocycles. The second kappa shape index (κ2) is 46.5. The quantitative estimate of drug-likeness (QED) is 0.0201. The Morgan fingerprint density at radius 3 is 1.21 bits per heavy atom. The highest BCUT2D eigenvalue weighted by Crippen LogP contribution is 2.13. The molecule has 6 nitrogen and oxygen atoms in total. The highest BCUT2D eigenvalue weighted by Gasteiger charge is 2.19. The van der Waals surface area contributed by atoms with Crippen molar-refractivity contribution >= 4 is 17.9 Å². The number of rotatable bonds is 42. The summed E-state index contributed by atoms with van der Waals surface area (Å²) in [6, 6.07) is 0. The summed E-state index contributed by atoms with van der Waals surface area (Å²) in [5, 5.41) is 0. The van der Waals surface area contributed by atoms with Crippen molar-refractivity contribution < 1.29 is 28.6 Å². The van der Waals surface area contributed by atoms with E-state index in [0.29, 0.717) is 25.7 Å². The number of carbonyl (C=O) groups is 3. The van der Waals surface area contributed by atoms with Crippen molar-refractivity contribution in [2.24, 2.45) is 0 Å². The largest absolute Gasteiger partial charge is 0.462 e. The minimum Gasteiger partial charge on any atom is -0.462 e. The molecule has 0 fully saturated rings. The fraction of sp³-hybridized carbons (Fsp3) is 0.712. The summed E-state index contributed by atoms with van der Waals surface area (Å²) < 4.78 is 16.6. The second-order valence-corrected chi connectivity index (χ2v) is 15.7. The normalized spacial score (nSPS) is 12.7. The number of ether oxygens (including phenoxy) is 3. The minimum atomic E-state index is -0.807. The van der Waals surface area contributed by atoms with E-state index in [0.717, 1.165) is 64.2 Å². The number of hydrogen-bond donors (Lipinski definition) is 0. The molecule has 0 spiro atoms. The van der Waals surface area contributed by atoms with E-state index in [1.54, 1.807) is 0 Å². The molecule has 0 aromatic heterocycles. The maximum absolute atomic E-state index is 12.7. The molecular formula is C52H88O6. The van der Waals surface area contributed by atoms with Gasteiger partial charge in [-0.2, -0.15) is 0 Å². The summed E-state index contributed by atoms with van der Waals surface area (Å²) in [6.07, 6.45) is 57.6. The third-order valence-corrected chi connectivity index (χ3v) is 10.0. The van der Waals surface area contributed by atoms with Crippen LogP contribution in [0, 0.1) is 0 Å². The van der Waals surface area contributed by atoms with Gasteiger partial charge in [-0.3, -0.25) is 14.4 Å². The molecule has 1 atom stereocenters. The van der Waals surface area contributed by atoms with Crippen molar-refractivity contribution in [2.75, 3.05) is 13.2 Å². The summed E-state index contributed by atoms with van der Waals surface area (Å²) in [7, 11) is 0. The van der Waals surface area contributed by atoms with E-state index in [4.69, 9.17) is 14.2 Å². The maximum atomic E-state index is 12.7. The van der Waals surface area contributed by atoms with Gasteiger partial charge >= 0.3 is 17.9 Å². The SMILES string of the molecule is CC\C=C/C=C\C=C/C=C\CCCCCC(=O)OC(COC(=O)CCC/C=C\CCCCCC)COC(=O)CCCCCCC/C=C\CCCCCCCCCCC. The van der Waals surface area contributed by atoms with Gasteiger partial charge in [0.15, 0.2) is 6.10 Å². The van der Waals surface area contributed by atoms with Crippen LogP contribution in [-0.2, 0) is 28.6 Å². The van der Waals surface area contributed by atoms with Crippen molar-refractivity contribution in [2.45, 2.75) is 226 Å². The number of unbranched alkanes of at least 4 members (excludes halogenated alkanes) is 22. The second-order valence-electron chi connectivity index (χ2n) is 15.7. The fourth-order valence-corrected chi connectivity index (χ4v) is 6.39. The van der Waals surface area contributed by atoms with E-state index in [9.17, 15) is 14.4 Å². The van der Waals surface area contributed by atoms with Crippen LogP contribution < -0.4 is 0 Å². The summed E-state index contributed by atoms with van der Waals surface area (Å²) in [4.78, 5) is 37.7. The van der Waals surface area contributed by atoms with Gasteiger partial charge in [0.2, 0.25) is 0 Å². The third-order valence-electron chi connectivity index (χ3n) is 10.0.